The van der Waals surface area contributed by atoms with Gasteiger partial charge in [0.25, 0.3) is 0 Å². The van der Waals surface area contributed by atoms with Crippen molar-refractivity contribution in [2.75, 3.05) is 7.05 Å². The number of thioether (sulfide) groups is 1. The van der Waals surface area contributed by atoms with Gasteiger partial charge in [-0.3, -0.25) is 0 Å². The first-order chi connectivity index (χ1) is 5.15. The minimum Gasteiger partial charge on any atom is -0.363 e. The molecule has 0 aromatic carbocycles. The lowest BCUT2D eigenvalue weighted by Crippen LogP contribution is -2.45. The predicted molar refractivity (Wildman–Crippen MR) is 51.2 cm³/mol. The molecule has 0 saturated carbocycles. The lowest BCUT2D eigenvalue weighted by atomic mass is 10.3. The predicted octanol–water partition coefficient (Wildman–Crippen LogP) is 1.59. The van der Waals surface area contributed by atoms with Crippen LogP contribution in [0, 0.1) is 0 Å². The second kappa shape index (κ2) is 3.50. The van der Waals surface area contributed by atoms with Crippen LogP contribution in [0.3, 0.4) is 0 Å². The number of nitrogens with two attached hydrogens (primary N) is 1. The molecule has 11 heavy (non-hydrogen) atoms. The monoisotopic (exact) mass is 172 g/mol. The molecule has 2 N–H and O–H groups in total. The number of nitrogens with zero attached hydrogens (tertiary/aromatic N) is 1. The van der Waals surface area contributed by atoms with Crippen LogP contribution >= 0.6 is 11.8 Å². The van der Waals surface area contributed by atoms with Crippen LogP contribution in [0.5, 0.6) is 0 Å². The van der Waals surface area contributed by atoms with E-state index in [0.29, 0.717) is 5.25 Å². The summed E-state index contributed by atoms with van der Waals surface area (Å²) in [6.07, 6.45) is 3.44. The van der Waals surface area contributed by atoms with Crippen molar-refractivity contribution in [1.82, 2.24) is 4.90 Å². The summed E-state index contributed by atoms with van der Waals surface area (Å²) in [5.74, 6) is 0. The number of hydrogen-bond acceptors (Lipinski definition) is 3. The summed E-state index contributed by atoms with van der Waals surface area (Å²) in [6, 6.07) is 0. The molecule has 0 aromatic rings. The van der Waals surface area contributed by atoms with Crippen molar-refractivity contribution >= 4 is 11.8 Å². The van der Waals surface area contributed by atoms with Gasteiger partial charge in [0.2, 0.25) is 0 Å². The van der Waals surface area contributed by atoms with E-state index in [-0.39, 0.29) is 6.17 Å². The zero-order chi connectivity index (χ0) is 8.43. The zero-order valence-electron chi connectivity index (χ0n) is 7.37. The molecule has 0 spiro atoms. The summed E-state index contributed by atoms with van der Waals surface area (Å²) >= 11 is 1.89. The van der Waals surface area contributed by atoms with Gasteiger partial charge in [-0.05, 0) is 13.3 Å². The fourth-order valence-electron chi connectivity index (χ4n) is 1.16. The van der Waals surface area contributed by atoms with E-state index in [0.717, 1.165) is 6.42 Å². The first kappa shape index (κ1) is 8.94. The standard InChI is InChI=1S/C8H16N2S/c1-4-7-5-10(3)8(9)6(2)11-7/h5-6,8H,4,9H2,1-3H3/t6-,8?/m1/s1. The summed E-state index contributed by atoms with van der Waals surface area (Å²) in [7, 11) is 2.04. The average Bonchev–Trinajstić information content (AvgIpc) is 1.99. The molecular weight excluding hydrogens is 156 g/mol. The average molecular weight is 172 g/mol. The molecule has 1 aliphatic rings. The molecule has 0 amide bonds. The fraction of sp³-hybridized carbons (Fsp3) is 0.750. The van der Waals surface area contributed by atoms with Gasteiger partial charge < -0.3 is 10.6 Å². The fourth-order valence-corrected chi connectivity index (χ4v) is 2.36. The topological polar surface area (TPSA) is 29.3 Å². The van der Waals surface area contributed by atoms with Crippen LogP contribution in [0.15, 0.2) is 11.1 Å². The molecule has 0 saturated heterocycles. The molecule has 0 bridgehead atoms. The molecule has 64 valence electrons. The molecule has 1 rings (SSSR count). The molecule has 0 aliphatic carbocycles. The lowest BCUT2D eigenvalue weighted by Gasteiger charge is -2.33. The molecule has 1 unspecified atom stereocenters. The van der Waals surface area contributed by atoms with E-state index in [1.807, 2.05) is 18.8 Å². The Morgan fingerprint density at radius 3 is 2.82 bits per heavy atom. The SMILES string of the molecule is CCC1=CN(C)C(N)[C@@H](C)S1. The van der Waals surface area contributed by atoms with Crippen molar-refractivity contribution in [2.24, 2.45) is 5.73 Å². The number of rotatable bonds is 1. The quantitative estimate of drug-likeness (QED) is 0.651. The van der Waals surface area contributed by atoms with Crippen molar-refractivity contribution in [1.29, 1.82) is 0 Å². The second-order valence-corrected chi connectivity index (χ2v) is 4.43. The first-order valence-corrected chi connectivity index (χ1v) is 4.88. The maximum atomic E-state index is 5.90. The van der Waals surface area contributed by atoms with Gasteiger partial charge in [-0.2, -0.15) is 0 Å². The van der Waals surface area contributed by atoms with Crippen LogP contribution in [0.25, 0.3) is 0 Å². The first-order valence-electron chi connectivity index (χ1n) is 4.00. The molecule has 1 aliphatic heterocycles. The van der Waals surface area contributed by atoms with Gasteiger partial charge in [0, 0.05) is 23.4 Å². The van der Waals surface area contributed by atoms with Gasteiger partial charge in [-0.15, -0.1) is 11.8 Å². The Bertz CT molecular complexity index is 167. The minimum atomic E-state index is 0.176. The van der Waals surface area contributed by atoms with Crippen molar-refractivity contribution in [3.63, 3.8) is 0 Å². The summed E-state index contributed by atoms with van der Waals surface area (Å²) in [6.45, 7) is 4.35. The second-order valence-electron chi connectivity index (χ2n) is 2.93. The van der Waals surface area contributed by atoms with Gasteiger partial charge in [0.15, 0.2) is 0 Å². The van der Waals surface area contributed by atoms with Crippen molar-refractivity contribution < 1.29 is 0 Å². The molecule has 3 heteroatoms. The van der Waals surface area contributed by atoms with Gasteiger partial charge in [0.05, 0.1) is 6.17 Å². The molecule has 0 fully saturated rings. The largest absolute Gasteiger partial charge is 0.363 e. The minimum absolute atomic E-state index is 0.176. The van der Waals surface area contributed by atoms with Crippen LogP contribution in [0.1, 0.15) is 20.3 Å². The van der Waals surface area contributed by atoms with Crippen LogP contribution in [0.2, 0.25) is 0 Å². The Morgan fingerprint density at radius 2 is 2.36 bits per heavy atom. The van der Waals surface area contributed by atoms with Gasteiger partial charge in [0.1, 0.15) is 0 Å². The van der Waals surface area contributed by atoms with E-state index in [1.54, 1.807) is 0 Å². The molecule has 2 nitrogen and oxygen atoms in total. The molecule has 1 heterocycles. The Kier molecular flexibility index (Phi) is 2.84. The Balaban J connectivity index is 2.68. The van der Waals surface area contributed by atoms with E-state index in [2.05, 4.69) is 24.9 Å². The van der Waals surface area contributed by atoms with Crippen molar-refractivity contribution in [3.05, 3.63) is 11.1 Å². The van der Waals surface area contributed by atoms with E-state index in [4.69, 9.17) is 5.73 Å². The summed E-state index contributed by atoms with van der Waals surface area (Å²) in [4.78, 5) is 3.53. The lowest BCUT2D eigenvalue weighted by molar-refractivity contribution is 0.329. The molecule has 2 atom stereocenters. The zero-order valence-corrected chi connectivity index (χ0v) is 8.19. The highest BCUT2D eigenvalue weighted by Crippen LogP contribution is 2.31. The van der Waals surface area contributed by atoms with Crippen LogP contribution in [-0.4, -0.2) is 23.4 Å². The Hall–Kier alpha value is -0.150. The van der Waals surface area contributed by atoms with Crippen molar-refractivity contribution in [3.8, 4) is 0 Å². The van der Waals surface area contributed by atoms with E-state index >= 15 is 0 Å². The third-order valence-corrected chi connectivity index (χ3v) is 3.33. The van der Waals surface area contributed by atoms with E-state index in [1.165, 1.54) is 4.91 Å². The summed E-state index contributed by atoms with van der Waals surface area (Å²) in [5.41, 5.74) is 5.90. The van der Waals surface area contributed by atoms with Gasteiger partial charge in [-0.1, -0.05) is 6.92 Å². The summed E-state index contributed by atoms with van der Waals surface area (Å²) in [5, 5.41) is 0.514. The van der Waals surface area contributed by atoms with Crippen LogP contribution in [-0.2, 0) is 0 Å². The van der Waals surface area contributed by atoms with Crippen LogP contribution in [0.4, 0.5) is 0 Å². The maximum Gasteiger partial charge on any atom is 0.0884 e. The highest BCUT2D eigenvalue weighted by molar-refractivity contribution is 8.03. The highest BCUT2D eigenvalue weighted by Gasteiger charge is 2.21. The van der Waals surface area contributed by atoms with E-state index in [9.17, 15) is 0 Å². The maximum absolute atomic E-state index is 5.90. The van der Waals surface area contributed by atoms with Crippen molar-refractivity contribution in [2.45, 2.75) is 31.7 Å². The Labute approximate surface area is 72.8 Å². The van der Waals surface area contributed by atoms with Gasteiger partial charge in [-0.25, -0.2) is 0 Å². The third-order valence-electron chi connectivity index (χ3n) is 1.98. The molecular formula is C8H16N2S. The van der Waals surface area contributed by atoms with Crippen LogP contribution < -0.4 is 5.73 Å². The molecule has 0 aromatic heterocycles. The number of hydrogen-bond donors (Lipinski definition) is 1. The molecule has 0 radical (unpaired) electrons. The smallest absolute Gasteiger partial charge is 0.0884 e. The normalized spacial score (nSPS) is 32.0. The Morgan fingerprint density at radius 1 is 1.73 bits per heavy atom. The van der Waals surface area contributed by atoms with Gasteiger partial charge >= 0.3 is 0 Å². The van der Waals surface area contributed by atoms with E-state index < -0.39 is 0 Å². The number of allylic oxidation sites excluding steroid dienone is 1. The third kappa shape index (κ3) is 1.91. The highest BCUT2D eigenvalue weighted by atomic mass is 32.2. The summed E-state index contributed by atoms with van der Waals surface area (Å²) < 4.78 is 0.